The maximum atomic E-state index is 12.7. The quantitative estimate of drug-likeness (QED) is 0.502. The van der Waals surface area contributed by atoms with Gasteiger partial charge in [-0.05, 0) is 42.8 Å². The SMILES string of the molecule is Cc1c(Cl)ccc2c(NC(=O)c3c[nH]c4c(Cl)cccc4c3=O)ccnc12. The summed E-state index contributed by atoms with van der Waals surface area (Å²) < 4.78 is 0. The van der Waals surface area contributed by atoms with Crippen molar-refractivity contribution in [3.63, 3.8) is 0 Å². The summed E-state index contributed by atoms with van der Waals surface area (Å²) in [5.74, 6) is -0.516. The molecule has 7 heteroatoms. The Morgan fingerprint density at radius 1 is 1.07 bits per heavy atom. The number of carbonyl (C=O) groups is 1. The lowest BCUT2D eigenvalue weighted by atomic mass is 10.1. The molecule has 0 atom stereocenters. The van der Waals surface area contributed by atoms with Gasteiger partial charge in [-0.3, -0.25) is 14.6 Å². The van der Waals surface area contributed by atoms with E-state index >= 15 is 0 Å². The number of rotatable bonds is 2. The van der Waals surface area contributed by atoms with Crippen molar-refractivity contribution in [1.82, 2.24) is 9.97 Å². The summed E-state index contributed by atoms with van der Waals surface area (Å²) >= 11 is 12.2. The minimum atomic E-state index is -0.516. The molecule has 4 rings (SSSR count). The van der Waals surface area contributed by atoms with Crippen molar-refractivity contribution in [2.24, 2.45) is 0 Å². The number of nitrogens with one attached hydrogen (secondary N) is 2. The lowest BCUT2D eigenvalue weighted by molar-refractivity contribution is 0.102. The zero-order valence-electron chi connectivity index (χ0n) is 14.1. The predicted octanol–water partition coefficient (Wildman–Crippen LogP) is 4.94. The van der Waals surface area contributed by atoms with E-state index in [0.29, 0.717) is 32.2 Å². The third-order valence-electron chi connectivity index (χ3n) is 4.46. The molecule has 0 fully saturated rings. The van der Waals surface area contributed by atoms with Crippen LogP contribution in [0.25, 0.3) is 21.8 Å². The summed E-state index contributed by atoms with van der Waals surface area (Å²) in [6, 6.07) is 10.2. The summed E-state index contributed by atoms with van der Waals surface area (Å²) in [4.78, 5) is 32.7. The fraction of sp³-hybridized carbons (Fsp3) is 0.0500. The number of para-hydroxylation sites is 1. The zero-order valence-corrected chi connectivity index (χ0v) is 15.7. The molecule has 0 aliphatic carbocycles. The van der Waals surface area contributed by atoms with E-state index in [4.69, 9.17) is 23.2 Å². The second-order valence-corrected chi connectivity index (χ2v) is 6.89. The minimum absolute atomic E-state index is 0.000384. The van der Waals surface area contributed by atoms with Crippen LogP contribution >= 0.6 is 23.2 Å². The number of fused-ring (bicyclic) bond motifs is 2. The second kappa shape index (κ2) is 6.68. The van der Waals surface area contributed by atoms with Gasteiger partial charge in [-0.1, -0.05) is 29.3 Å². The molecule has 0 spiro atoms. The number of aromatic nitrogens is 2. The largest absolute Gasteiger partial charge is 0.359 e. The highest BCUT2D eigenvalue weighted by molar-refractivity contribution is 6.35. The molecule has 2 heterocycles. The Kier molecular flexibility index (Phi) is 4.34. The van der Waals surface area contributed by atoms with Crippen LogP contribution < -0.4 is 10.7 Å². The third kappa shape index (κ3) is 2.95. The standard InChI is InChI=1S/C20H13Cl2N3O2/c1-10-14(21)6-5-11-16(7-8-23-17(10)11)25-20(27)13-9-24-18-12(19(13)26)3-2-4-15(18)22/h2-9H,1H3,(H,24,26)(H,23,25,27). The van der Waals surface area contributed by atoms with Gasteiger partial charge in [-0.25, -0.2) is 0 Å². The monoisotopic (exact) mass is 397 g/mol. The van der Waals surface area contributed by atoms with Crippen LogP contribution in [0, 0.1) is 6.92 Å². The maximum Gasteiger partial charge on any atom is 0.261 e. The first-order valence-corrected chi connectivity index (χ1v) is 8.88. The van der Waals surface area contributed by atoms with Crippen molar-refractivity contribution in [3.05, 3.63) is 80.2 Å². The fourth-order valence-corrected chi connectivity index (χ4v) is 3.40. The van der Waals surface area contributed by atoms with Crippen LogP contribution in [0.5, 0.6) is 0 Å². The van der Waals surface area contributed by atoms with Crippen molar-refractivity contribution in [2.75, 3.05) is 5.32 Å². The van der Waals surface area contributed by atoms with Crippen LogP contribution in [0.4, 0.5) is 5.69 Å². The molecule has 0 bridgehead atoms. The van der Waals surface area contributed by atoms with Crippen LogP contribution in [0.3, 0.4) is 0 Å². The van der Waals surface area contributed by atoms with Gasteiger partial charge >= 0.3 is 0 Å². The first-order chi connectivity index (χ1) is 13.0. The van der Waals surface area contributed by atoms with Gasteiger partial charge in [-0.2, -0.15) is 0 Å². The van der Waals surface area contributed by atoms with E-state index in [0.717, 1.165) is 10.9 Å². The molecule has 0 saturated carbocycles. The number of hydrogen-bond donors (Lipinski definition) is 2. The summed E-state index contributed by atoms with van der Waals surface area (Å²) in [6.07, 6.45) is 2.96. The Hall–Kier alpha value is -2.89. The van der Waals surface area contributed by atoms with E-state index in [1.807, 2.05) is 6.92 Å². The Labute approximate surface area is 164 Å². The van der Waals surface area contributed by atoms with E-state index in [-0.39, 0.29) is 11.0 Å². The molecule has 27 heavy (non-hydrogen) atoms. The van der Waals surface area contributed by atoms with Crippen molar-refractivity contribution in [1.29, 1.82) is 0 Å². The summed E-state index contributed by atoms with van der Waals surface area (Å²) in [6.45, 7) is 1.86. The molecule has 0 saturated heterocycles. The van der Waals surface area contributed by atoms with E-state index < -0.39 is 5.91 Å². The number of anilines is 1. The number of nitrogens with zero attached hydrogens (tertiary/aromatic N) is 1. The number of amides is 1. The van der Waals surface area contributed by atoms with E-state index in [1.54, 1.807) is 42.6 Å². The molecule has 5 nitrogen and oxygen atoms in total. The molecule has 2 aromatic heterocycles. The summed E-state index contributed by atoms with van der Waals surface area (Å²) in [5, 5.41) is 4.91. The van der Waals surface area contributed by atoms with Gasteiger partial charge in [-0.15, -0.1) is 0 Å². The molecule has 0 unspecified atom stereocenters. The van der Waals surface area contributed by atoms with Crippen LogP contribution in [-0.4, -0.2) is 15.9 Å². The van der Waals surface area contributed by atoms with Gasteiger partial charge in [0.15, 0.2) is 0 Å². The van der Waals surface area contributed by atoms with Crippen LogP contribution in [0.1, 0.15) is 15.9 Å². The third-order valence-corrected chi connectivity index (χ3v) is 5.18. The smallest absolute Gasteiger partial charge is 0.261 e. The molecule has 4 aromatic rings. The highest BCUT2D eigenvalue weighted by Crippen LogP contribution is 2.28. The normalized spacial score (nSPS) is 11.1. The van der Waals surface area contributed by atoms with Crippen LogP contribution in [0.2, 0.25) is 10.0 Å². The van der Waals surface area contributed by atoms with Gasteiger partial charge < -0.3 is 10.3 Å². The number of hydrogen-bond acceptors (Lipinski definition) is 3. The highest BCUT2D eigenvalue weighted by atomic mass is 35.5. The average Bonchev–Trinajstić information content (AvgIpc) is 2.66. The van der Waals surface area contributed by atoms with Crippen molar-refractivity contribution in [3.8, 4) is 0 Å². The number of halogens is 2. The molecule has 2 aromatic carbocycles. The lowest BCUT2D eigenvalue weighted by Gasteiger charge is -2.11. The summed E-state index contributed by atoms with van der Waals surface area (Å²) in [7, 11) is 0. The van der Waals surface area contributed by atoms with Gasteiger partial charge in [0.1, 0.15) is 5.56 Å². The maximum absolute atomic E-state index is 12.7. The van der Waals surface area contributed by atoms with E-state index in [1.165, 1.54) is 6.20 Å². The topological polar surface area (TPSA) is 74.8 Å². The Balaban J connectivity index is 1.79. The van der Waals surface area contributed by atoms with Gasteiger partial charge in [0.25, 0.3) is 5.91 Å². The molecule has 0 aliphatic rings. The first kappa shape index (κ1) is 17.5. The average molecular weight is 398 g/mol. The molecular formula is C20H13Cl2N3O2. The number of benzene rings is 2. The molecule has 1 amide bonds. The highest BCUT2D eigenvalue weighted by Gasteiger charge is 2.16. The Morgan fingerprint density at radius 3 is 2.70 bits per heavy atom. The minimum Gasteiger partial charge on any atom is -0.359 e. The molecule has 0 aliphatic heterocycles. The van der Waals surface area contributed by atoms with Crippen molar-refractivity contribution in [2.45, 2.75) is 6.92 Å². The van der Waals surface area contributed by atoms with Crippen LogP contribution in [0.15, 0.2) is 53.6 Å². The fourth-order valence-electron chi connectivity index (χ4n) is 3.02. The Morgan fingerprint density at radius 2 is 1.89 bits per heavy atom. The number of pyridine rings is 2. The number of aromatic amines is 1. The van der Waals surface area contributed by atoms with Gasteiger partial charge in [0.05, 0.1) is 21.7 Å². The number of H-pyrrole nitrogens is 1. The van der Waals surface area contributed by atoms with Crippen molar-refractivity contribution < 1.29 is 4.79 Å². The number of carbonyl (C=O) groups excluding carboxylic acids is 1. The van der Waals surface area contributed by atoms with E-state index in [2.05, 4.69) is 15.3 Å². The van der Waals surface area contributed by atoms with Gasteiger partial charge in [0, 0.05) is 28.2 Å². The molecule has 0 radical (unpaired) electrons. The molecule has 2 N–H and O–H groups in total. The molecular weight excluding hydrogens is 385 g/mol. The zero-order chi connectivity index (χ0) is 19.1. The molecule has 134 valence electrons. The Bertz CT molecular complexity index is 1280. The van der Waals surface area contributed by atoms with Crippen LogP contribution in [-0.2, 0) is 0 Å². The lowest BCUT2D eigenvalue weighted by Crippen LogP contribution is -2.22. The van der Waals surface area contributed by atoms with Gasteiger partial charge in [0.2, 0.25) is 5.43 Å². The second-order valence-electron chi connectivity index (χ2n) is 6.08. The first-order valence-electron chi connectivity index (χ1n) is 8.12. The summed E-state index contributed by atoms with van der Waals surface area (Å²) in [5.41, 5.74) is 2.18. The number of aryl methyl sites for hydroxylation is 1. The van der Waals surface area contributed by atoms with Crippen molar-refractivity contribution >= 4 is 56.6 Å². The predicted molar refractivity (Wildman–Crippen MR) is 109 cm³/mol. The van der Waals surface area contributed by atoms with E-state index in [9.17, 15) is 9.59 Å².